The van der Waals surface area contributed by atoms with Crippen molar-refractivity contribution in [1.29, 1.82) is 0 Å². The van der Waals surface area contributed by atoms with Crippen LogP contribution in [0.3, 0.4) is 0 Å². The summed E-state index contributed by atoms with van der Waals surface area (Å²) in [6.07, 6.45) is 2.98. The first-order valence-electron chi connectivity index (χ1n) is 5.09. The van der Waals surface area contributed by atoms with Gasteiger partial charge in [0.2, 0.25) is 0 Å². The van der Waals surface area contributed by atoms with Gasteiger partial charge in [-0.3, -0.25) is 10.1 Å². The van der Waals surface area contributed by atoms with Gasteiger partial charge in [-0.1, -0.05) is 0 Å². The summed E-state index contributed by atoms with van der Waals surface area (Å²) >= 11 is 0. The lowest BCUT2D eigenvalue weighted by atomic mass is 10.2. The number of anilines is 1. The molecule has 0 aliphatic rings. The molecule has 0 aliphatic heterocycles. The first-order valence-corrected chi connectivity index (χ1v) is 5.09. The quantitative estimate of drug-likeness (QED) is 0.662. The van der Waals surface area contributed by atoms with Crippen LogP contribution in [0.2, 0.25) is 0 Å². The van der Waals surface area contributed by atoms with Crippen molar-refractivity contribution in [3.63, 3.8) is 0 Å². The molecule has 0 radical (unpaired) electrons. The van der Waals surface area contributed by atoms with Gasteiger partial charge >= 0.3 is 0 Å². The molecule has 0 atom stereocenters. The first-order chi connectivity index (χ1) is 8.65. The Morgan fingerprint density at radius 2 is 2.22 bits per heavy atom. The Morgan fingerprint density at radius 3 is 2.89 bits per heavy atom. The van der Waals surface area contributed by atoms with Gasteiger partial charge in [-0.25, -0.2) is 14.4 Å². The predicted octanol–water partition coefficient (Wildman–Crippen LogP) is 2.14. The molecule has 7 heteroatoms. The molecule has 1 heterocycles. The molecule has 0 aliphatic carbocycles. The standard InChI is InChI=1S/C11H9FN4O2/c12-8-3-10(5-11(4-8)16(17)18)14-6-9-1-2-13-7-15-9/h1-5,7,14H,6H2. The van der Waals surface area contributed by atoms with E-state index in [-0.39, 0.29) is 5.69 Å². The summed E-state index contributed by atoms with van der Waals surface area (Å²) in [6, 6.07) is 5.02. The Hall–Kier alpha value is -2.57. The summed E-state index contributed by atoms with van der Waals surface area (Å²) in [5.41, 5.74) is 0.748. The number of rotatable bonds is 4. The van der Waals surface area contributed by atoms with Crippen molar-refractivity contribution in [2.24, 2.45) is 0 Å². The largest absolute Gasteiger partial charge is 0.379 e. The molecule has 0 saturated carbocycles. The molecule has 0 fully saturated rings. The Morgan fingerprint density at radius 1 is 1.39 bits per heavy atom. The zero-order chi connectivity index (χ0) is 13.0. The molecule has 2 rings (SSSR count). The minimum Gasteiger partial charge on any atom is -0.379 e. The van der Waals surface area contributed by atoms with Crippen LogP contribution in [0.1, 0.15) is 5.69 Å². The highest BCUT2D eigenvalue weighted by molar-refractivity contribution is 5.51. The number of aromatic nitrogens is 2. The number of benzene rings is 1. The van der Waals surface area contributed by atoms with Crippen molar-refractivity contribution >= 4 is 11.4 Å². The molecular weight excluding hydrogens is 239 g/mol. The first kappa shape index (κ1) is 11.9. The van der Waals surface area contributed by atoms with E-state index >= 15 is 0 Å². The fourth-order valence-corrected chi connectivity index (χ4v) is 1.40. The van der Waals surface area contributed by atoms with Gasteiger partial charge in [0, 0.05) is 18.0 Å². The van der Waals surface area contributed by atoms with Gasteiger partial charge in [-0.2, -0.15) is 0 Å². The summed E-state index contributed by atoms with van der Waals surface area (Å²) in [6.45, 7) is 0.336. The van der Waals surface area contributed by atoms with Gasteiger partial charge in [0.1, 0.15) is 12.1 Å². The molecule has 92 valence electrons. The van der Waals surface area contributed by atoms with E-state index in [0.29, 0.717) is 17.9 Å². The van der Waals surface area contributed by atoms with Crippen molar-refractivity contribution in [2.45, 2.75) is 6.54 Å². The second-order valence-electron chi connectivity index (χ2n) is 3.51. The average molecular weight is 248 g/mol. The van der Waals surface area contributed by atoms with E-state index < -0.39 is 10.7 Å². The van der Waals surface area contributed by atoms with Crippen LogP contribution in [-0.2, 0) is 6.54 Å². The average Bonchev–Trinajstić information content (AvgIpc) is 2.37. The molecule has 0 bridgehead atoms. The van der Waals surface area contributed by atoms with E-state index in [1.807, 2.05) is 0 Å². The van der Waals surface area contributed by atoms with Crippen molar-refractivity contribution in [3.8, 4) is 0 Å². The van der Waals surface area contributed by atoms with Gasteiger partial charge in [-0.15, -0.1) is 0 Å². The fourth-order valence-electron chi connectivity index (χ4n) is 1.40. The Bertz CT molecular complexity index is 562. The Labute approximate surface area is 102 Å². The summed E-state index contributed by atoms with van der Waals surface area (Å²) in [5, 5.41) is 13.4. The molecule has 1 N–H and O–H groups in total. The molecule has 1 aromatic heterocycles. The number of nitro benzene ring substituents is 1. The second-order valence-corrected chi connectivity index (χ2v) is 3.51. The molecule has 6 nitrogen and oxygen atoms in total. The summed E-state index contributed by atoms with van der Waals surface area (Å²) < 4.78 is 13.1. The fraction of sp³-hybridized carbons (Fsp3) is 0.0909. The maximum Gasteiger partial charge on any atom is 0.274 e. The number of nitro groups is 1. The van der Waals surface area contributed by atoms with Gasteiger partial charge < -0.3 is 5.32 Å². The monoisotopic (exact) mass is 248 g/mol. The van der Waals surface area contributed by atoms with Crippen LogP contribution in [0.4, 0.5) is 15.8 Å². The third kappa shape index (κ3) is 2.97. The van der Waals surface area contributed by atoms with Crippen LogP contribution in [0.5, 0.6) is 0 Å². The van der Waals surface area contributed by atoms with Gasteiger partial charge in [0.05, 0.1) is 23.2 Å². The van der Waals surface area contributed by atoms with Gasteiger partial charge in [0.15, 0.2) is 0 Å². The third-order valence-corrected chi connectivity index (χ3v) is 2.21. The van der Waals surface area contributed by atoms with Gasteiger partial charge in [0.25, 0.3) is 5.69 Å². The molecule has 0 saturated heterocycles. The van der Waals surface area contributed by atoms with E-state index in [1.54, 1.807) is 12.3 Å². The van der Waals surface area contributed by atoms with Crippen LogP contribution in [0, 0.1) is 15.9 Å². The van der Waals surface area contributed by atoms with Crippen LogP contribution >= 0.6 is 0 Å². The van der Waals surface area contributed by atoms with E-state index in [9.17, 15) is 14.5 Å². The number of non-ortho nitro benzene ring substituents is 1. The number of nitrogens with one attached hydrogen (secondary N) is 1. The van der Waals surface area contributed by atoms with E-state index in [2.05, 4.69) is 15.3 Å². The molecule has 0 unspecified atom stereocenters. The van der Waals surface area contributed by atoms with E-state index in [0.717, 1.165) is 6.07 Å². The lowest BCUT2D eigenvalue weighted by Crippen LogP contribution is -2.02. The number of hydrogen-bond donors (Lipinski definition) is 1. The molecule has 2 aromatic rings. The second kappa shape index (κ2) is 5.17. The third-order valence-electron chi connectivity index (χ3n) is 2.21. The van der Waals surface area contributed by atoms with Crippen LogP contribution in [0.15, 0.2) is 36.8 Å². The number of hydrogen-bond acceptors (Lipinski definition) is 5. The number of halogens is 1. The van der Waals surface area contributed by atoms with Crippen LogP contribution < -0.4 is 5.32 Å². The number of nitrogens with zero attached hydrogens (tertiary/aromatic N) is 3. The molecule has 0 spiro atoms. The van der Waals surface area contributed by atoms with Crippen molar-refractivity contribution in [2.75, 3.05) is 5.32 Å². The van der Waals surface area contributed by atoms with Crippen LogP contribution in [-0.4, -0.2) is 14.9 Å². The Balaban J connectivity index is 2.12. The normalized spacial score (nSPS) is 10.1. The van der Waals surface area contributed by atoms with Gasteiger partial charge in [-0.05, 0) is 12.1 Å². The van der Waals surface area contributed by atoms with E-state index in [4.69, 9.17) is 0 Å². The zero-order valence-corrected chi connectivity index (χ0v) is 9.21. The summed E-state index contributed by atoms with van der Waals surface area (Å²) in [4.78, 5) is 17.7. The summed E-state index contributed by atoms with van der Waals surface area (Å²) in [5.74, 6) is -0.658. The highest BCUT2D eigenvalue weighted by Gasteiger charge is 2.09. The van der Waals surface area contributed by atoms with Crippen molar-refractivity contribution in [1.82, 2.24) is 9.97 Å². The lowest BCUT2D eigenvalue weighted by Gasteiger charge is -2.05. The minimum atomic E-state index is -0.658. The minimum absolute atomic E-state index is 0.291. The smallest absolute Gasteiger partial charge is 0.274 e. The maximum absolute atomic E-state index is 13.1. The summed E-state index contributed by atoms with van der Waals surface area (Å²) in [7, 11) is 0. The predicted molar refractivity (Wildman–Crippen MR) is 62.4 cm³/mol. The van der Waals surface area contributed by atoms with Crippen molar-refractivity contribution in [3.05, 3.63) is 58.4 Å². The molecule has 18 heavy (non-hydrogen) atoms. The molecule has 0 amide bonds. The lowest BCUT2D eigenvalue weighted by molar-refractivity contribution is -0.385. The highest BCUT2D eigenvalue weighted by atomic mass is 19.1. The molecular formula is C11H9FN4O2. The highest BCUT2D eigenvalue weighted by Crippen LogP contribution is 2.20. The SMILES string of the molecule is O=[N+]([O-])c1cc(F)cc(NCc2ccncn2)c1. The maximum atomic E-state index is 13.1. The van der Waals surface area contributed by atoms with Crippen molar-refractivity contribution < 1.29 is 9.31 Å². The zero-order valence-electron chi connectivity index (χ0n) is 9.21. The topological polar surface area (TPSA) is 81.0 Å². The molecule has 1 aromatic carbocycles. The Kier molecular flexibility index (Phi) is 3.42. The van der Waals surface area contributed by atoms with E-state index in [1.165, 1.54) is 18.5 Å². The van der Waals surface area contributed by atoms with Crippen LogP contribution in [0.25, 0.3) is 0 Å².